The molecular formula is C15H10BrN3O. The summed E-state index contributed by atoms with van der Waals surface area (Å²) in [5.74, 6) is 1.25. The molecule has 3 aromatic heterocycles. The summed E-state index contributed by atoms with van der Waals surface area (Å²) in [6, 6.07) is 13.7. The van der Waals surface area contributed by atoms with Gasteiger partial charge in [0.25, 0.3) is 0 Å². The molecule has 0 saturated carbocycles. The molecule has 0 fully saturated rings. The third-order valence-electron chi connectivity index (χ3n) is 3.28. The molecule has 5 heteroatoms. The fourth-order valence-corrected chi connectivity index (χ4v) is 2.65. The lowest BCUT2D eigenvalue weighted by Crippen LogP contribution is -1.93. The molecule has 98 valence electrons. The molecule has 2 N–H and O–H groups in total. The van der Waals surface area contributed by atoms with Gasteiger partial charge < -0.3 is 10.2 Å². The molecule has 0 radical (unpaired) electrons. The van der Waals surface area contributed by atoms with Crippen molar-refractivity contribution in [3.05, 3.63) is 53.1 Å². The topological polar surface area (TPSA) is 56.5 Å². The van der Waals surface area contributed by atoms with Crippen LogP contribution in [0, 0.1) is 0 Å². The first-order chi connectivity index (χ1) is 9.72. The standard InChI is InChI=1S/C15H10BrN3O/c16-10-5-6-13-18-14(15(17)19(13)8-10)12-7-9-3-1-2-4-11(9)20-12/h1-8H,17H2. The van der Waals surface area contributed by atoms with E-state index in [0.29, 0.717) is 17.3 Å². The Kier molecular flexibility index (Phi) is 2.37. The summed E-state index contributed by atoms with van der Waals surface area (Å²) >= 11 is 3.43. The van der Waals surface area contributed by atoms with Crippen LogP contribution in [0.1, 0.15) is 0 Å². The number of nitrogens with zero attached hydrogens (tertiary/aromatic N) is 2. The molecule has 0 unspecified atom stereocenters. The van der Waals surface area contributed by atoms with Gasteiger partial charge in [0.05, 0.1) is 0 Å². The normalized spacial score (nSPS) is 11.4. The van der Waals surface area contributed by atoms with Crippen molar-refractivity contribution in [1.82, 2.24) is 9.38 Å². The lowest BCUT2D eigenvalue weighted by Gasteiger charge is -1.97. The van der Waals surface area contributed by atoms with E-state index in [1.54, 1.807) is 0 Å². The van der Waals surface area contributed by atoms with Gasteiger partial charge in [0, 0.05) is 16.1 Å². The van der Waals surface area contributed by atoms with E-state index in [2.05, 4.69) is 20.9 Å². The highest BCUT2D eigenvalue weighted by molar-refractivity contribution is 9.10. The van der Waals surface area contributed by atoms with Crippen LogP contribution >= 0.6 is 15.9 Å². The number of fused-ring (bicyclic) bond motifs is 2. The van der Waals surface area contributed by atoms with Crippen molar-refractivity contribution in [2.45, 2.75) is 0 Å². The van der Waals surface area contributed by atoms with Gasteiger partial charge in [-0.25, -0.2) is 4.98 Å². The zero-order valence-corrected chi connectivity index (χ0v) is 12.0. The number of para-hydroxylation sites is 1. The van der Waals surface area contributed by atoms with Gasteiger partial charge in [0.1, 0.15) is 22.7 Å². The quantitative estimate of drug-likeness (QED) is 0.572. The number of imidazole rings is 1. The third kappa shape index (κ3) is 1.63. The Hall–Kier alpha value is -2.27. The lowest BCUT2D eigenvalue weighted by molar-refractivity contribution is 0.629. The van der Waals surface area contributed by atoms with Gasteiger partial charge >= 0.3 is 0 Å². The Bertz CT molecular complexity index is 906. The van der Waals surface area contributed by atoms with Crippen LogP contribution in [0.3, 0.4) is 0 Å². The largest absolute Gasteiger partial charge is 0.454 e. The molecule has 0 aliphatic rings. The van der Waals surface area contributed by atoms with E-state index < -0.39 is 0 Å². The number of furan rings is 1. The predicted octanol–water partition coefficient (Wildman–Crippen LogP) is 4.09. The maximum absolute atomic E-state index is 6.18. The number of rotatable bonds is 1. The van der Waals surface area contributed by atoms with Crippen LogP contribution in [0.5, 0.6) is 0 Å². The number of hydrogen-bond acceptors (Lipinski definition) is 3. The van der Waals surface area contributed by atoms with Gasteiger partial charge in [-0.3, -0.25) is 4.40 Å². The monoisotopic (exact) mass is 327 g/mol. The van der Waals surface area contributed by atoms with E-state index >= 15 is 0 Å². The molecule has 3 heterocycles. The predicted molar refractivity (Wildman–Crippen MR) is 82.5 cm³/mol. The molecule has 0 spiro atoms. The molecule has 4 rings (SSSR count). The van der Waals surface area contributed by atoms with Crippen LogP contribution in [-0.4, -0.2) is 9.38 Å². The molecule has 4 aromatic rings. The number of pyridine rings is 1. The van der Waals surface area contributed by atoms with E-state index in [0.717, 1.165) is 21.1 Å². The number of aromatic nitrogens is 2. The van der Waals surface area contributed by atoms with Crippen molar-refractivity contribution in [2.75, 3.05) is 5.73 Å². The minimum atomic E-state index is 0.570. The summed E-state index contributed by atoms with van der Waals surface area (Å²) in [5, 5.41) is 1.04. The molecule has 4 nitrogen and oxygen atoms in total. The molecular weight excluding hydrogens is 318 g/mol. The number of nitrogen functional groups attached to an aromatic ring is 1. The highest BCUT2D eigenvalue weighted by atomic mass is 79.9. The second kappa shape index (κ2) is 4.11. The second-order valence-electron chi connectivity index (χ2n) is 4.57. The summed E-state index contributed by atoms with van der Waals surface area (Å²) in [6.07, 6.45) is 1.89. The average Bonchev–Trinajstić information content (AvgIpc) is 3.01. The number of anilines is 1. The van der Waals surface area contributed by atoms with Gasteiger partial charge in [0.15, 0.2) is 5.76 Å². The van der Waals surface area contributed by atoms with Gasteiger partial charge in [-0.15, -0.1) is 0 Å². The van der Waals surface area contributed by atoms with Crippen molar-refractivity contribution >= 4 is 38.4 Å². The Morgan fingerprint density at radius 2 is 2.00 bits per heavy atom. The molecule has 0 amide bonds. The van der Waals surface area contributed by atoms with Crippen molar-refractivity contribution in [3.63, 3.8) is 0 Å². The first kappa shape index (κ1) is 11.5. The molecule has 0 atom stereocenters. The Morgan fingerprint density at radius 3 is 2.85 bits per heavy atom. The number of nitrogens with two attached hydrogens (primary N) is 1. The van der Waals surface area contributed by atoms with Gasteiger partial charge in [-0.1, -0.05) is 18.2 Å². The zero-order valence-electron chi connectivity index (χ0n) is 10.4. The Labute approximate surface area is 123 Å². The Balaban J connectivity index is 1.99. The molecule has 0 bridgehead atoms. The highest BCUT2D eigenvalue weighted by Crippen LogP contribution is 2.31. The number of benzene rings is 1. The fourth-order valence-electron chi connectivity index (χ4n) is 2.32. The fraction of sp³-hybridized carbons (Fsp3) is 0. The van der Waals surface area contributed by atoms with E-state index in [4.69, 9.17) is 10.2 Å². The van der Waals surface area contributed by atoms with Crippen LogP contribution < -0.4 is 5.73 Å². The van der Waals surface area contributed by atoms with E-state index in [1.165, 1.54) is 0 Å². The minimum Gasteiger partial charge on any atom is -0.454 e. The molecule has 0 aliphatic heterocycles. The van der Waals surface area contributed by atoms with Gasteiger partial charge in [-0.2, -0.15) is 0 Å². The SMILES string of the molecule is Nc1c(-c2cc3ccccc3o2)nc2ccc(Br)cn12. The first-order valence-electron chi connectivity index (χ1n) is 6.14. The Morgan fingerprint density at radius 1 is 1.15 bits per heavy atom. The van der Waals surface area contributed by atoms with Crippen LogP contribution in [0.2, 0.25) is 0 Å². The van der Waals surface area contributed by atoms with Crippen molar-refractivity contribution in [1.29, 1.82) is 0 Å². The van der Waals surface area contributed by atoms with Crippen molar-refractivity contribution < 1.29 is 4.42 Å². The van der Waals surface area contributed by atoms with Crippen LogP contribution in [0.25, 0.3) is 28.1 Å². The molecule has 20 heavy (non-hydrogen) atoms. The van der Waals surface area contributed by atoms with Crippen LogP contribution in [0.4, 0.5) is 5.82 Å². The molecule has 0 saturated heterocycles. The number of hydrogen-bond donors (Lipinski definition) is 1. The minimum absolute atomic E-state index is 0.570. The number of halogens is 1. The van der Waals surface area contributed by atoms with E-state index in [9.17, 15) is 0 Å². The third-order valence-corrected chi connectivity index (χ3v) is 3.75. The van der Waals surface area contributed by atoms with Crippen LogP contribution in [0.15, 0.2) is 57.6 Å². The maximum Gasteiger partial charge on any atom is 0.157 e. The van der Waals surface area contributed by atoms with Crippen molar-refractivity contribution in [2.24, 2.45) is 0 Å². The van der Waals surface area contributed by atoms with E-state index in [1.807, 2.05) is 53.1 Å². The summed E-state index contributed by atoms with van der Waals surface area (Å²) in [6.45, 7) is 0. The second-order valence-corrected chi connectivity index (χ2v) is 5.49. The highest BCUT2D eigenvalue weighted by Gasteiger charge is 2.15. The summed E-state index contributed by atoms with van der Waals surface area (Å²) in [4.78, 5) is 4.54. The maximum atomic E-state index is 6.18. The van der Waals surface area contributed by atoms with Gasteiger partial charge in [-0.05, 0) is 40.2 Å². The van der Waals surface area contributed by atoms with Crippen molar-refractivity contribution in [3.8, 4) is 11.5 Å². The summed E-state index contributed by atoms with van der Waals surface area (Å²) in [7, 11) is 0. The average molecular weight is 328 g/mol. The summed E-state index contributed by atoms with van der Waals surface area (Å²) in [5.41, 5.74) is 8.47. The molecule has 1 aromatic carbocycles. The van der Waals surface area contributed by atoms with Crippen LogP contribution in [-0.2, 0) is 0 Å². The zero-order chi connectivity index (χ0) is 13.7. The van der Waals surface area contributed by atoms with Gasteiger partial charge in [0.2, 0.25) is 0 Å². The molecule has 0 aliphatic carbocycles. The van der Waals surface area contributed by atoms with E-state index in [-0.39, 0.29) is 0 Å². The lowest BCUT2D eigenvalue weighted by atomic mass is 10.2. The summed E-state index contributed by atoms with van der Waals surface area (Å²) < 4.78 is 8.62. The smallest absolute Gasteiger partial charge is 0.157 e. The first-order valence-corrected chi connectivity index (χ1v) is 6.94.